The Morgan fingerprint density at radius 2 is 1.57 bits per heavy atom. The Bertz CT molecular complexity index is 888. The van der Waals surface area contributed by atoms with Crippen molar-refractivity contribution in [1.29, 1.82) is 0 Å². The predicted octanol–water partition coefficient (Wildman–Crippen LogP) is 3.10. The van der Waals surface area contributed by atoms with Gasteiger partial charge in [0.2, 0.25) is 5.75 Å². The first-order chi connectivity index (χ1) is 13.4. The minimum absolute atomic E-state index is 0.0590. The minimum atomic E-state index is -1.19. The van der Waals surface area contributed by atoms with E-state index in [0.717, 1.165) is 0 Å². The van der Waals surface area contributed by atoms with Gasteiger partial charge >= 0.3 is 11.9 Å². The van der Waals surface area contributed by atoms with Crippen LogP contribution in [0.1, 0.15) is 22.3 Å². The zero-order valence-corrected chi connectivity index (χ0v) is 16.1. The number of benzene rings is 2. The van der Waals surface area contributed by atoms with E-state index in [-0.39, 0.29) is 41.2 Å². The van der Waals surface area contributed by atoms with E-state index in [9.17, 15) is 14.7 Å². The monoisotopic (exact) mass is 390 g/mol. The molecule has 0 amide bonds. The molecule has 0 fully saturated rings. The lowest BCUT2D eigenvalue weighted by Gasteiger charge is -2.20. The molecule has 0 spiro atoms. The largest absolute Gasteiger partial charge is 0.497 e. The number of carboxylic acids is 2. The van der Waals surface area contributed by atoms with Gasteiger partial charge < -0.3 is 29.2 Å². The fourth-order valence-corrected chi connectivity index (χ4v) is 2.98. The molecule has 0 aliphatic heterocycles. The van der Waals surface area contributed by atoms with Crippen LogP contribution in [-0.2, 0) is 11.2 Å². The second-order valence-corrected chi connectivity index (χ2v) is 5.79. The van der Waals surface area contributed by atoms with Crippen molar-refractivity contribution in [3.63, 3.8) is 0 Å². The fraction of sp³-hybridized carbons (Fsp3) is 0.300. The summed E-state index contributed by atoms with van der Waals surface area (Å²) in [4.78, 5) is 23.0. The van der Waals surface area contributed by atoms with Crippen LogP contribution in [0.25, 0.3) is 11.1 Å². The number of carbonyl (C=O) groups is 2. The van der Waals surface area contributed by atoms with Gasteiger partial charge in [0, 0.05) is 12.0 Å². The summed E-state index contributed by atoms with van der Waals surface area (Å²) in [6.07, 6.45) is 0.0522. The number of hydrogen-bond donors (Lipinski definition) is 2. The molecule has 0 unspecified atom stereocenters. The van der Waals surface area contributed by atoms with Gasteiger partial charge in [0.1, 0.15) is 5.75 Å². The Morgan fingerprint density at radius 3 is 2.07 bits per heavy atom. The molecule has 150 valence electrons. The van der Waals surface area contributed by atoms with E-state index in [1.54, 1.807) is 18.2 Å². The first kappa shape index (κ1) is 20.9. The van der Waals surface area contributed by atoms with Gasteiger partial charge in [0.05, 0.1) is 34.0 Å². The maximum absolute atomic E-state index is 12.0. The van der Waals surface area contributed by atoms with Crippen LogP contribution in [0.15, 0.2) is 24.3 Å². The Labute approximate surface area is 162 Å². The number of hydrogen-bond acceptors (Lipinski definition) is 6. The molecule has 0 aromatic heterocycles. The van der Waals surface area contributed by atoms with E-state index < -0.39 is 11.9 Å². The van der Waals surface area contributed by atoms with Crippen molar-refractivity contribution in [2.45, 2.75) is 12.8 Å². The lowest BCUT2D eigenvalue weighted by molar-refractivity contribution is -0.136. The highest BCUT2D eigenvalue weighted by Crippen LogP contribution is 2.48. The molecule has 2 aromatic rings. The molecule has 0 saturated carbocycles. The number of aliphatic carboxylic acids is 1. The third-order valence-corrected chi connectivity index (χ3v) is 4.25. The summed E-state index contributed by atoms with van der Waals surface area (Å²) in [5.74, 6) is -0.992. The average Bonchev–Trinajstić information content (AvgIpc) is 2.69. The molecule has 0 radical (unpaired) electrons. The third-order valence-electron chi connectivity index (χ3n) is 4.25. The van der Waals surface area contributed by atoms with E-state index in [2.05, 4.69) is 0 Å². The van der Waals surface area contributed by atoms with Crippen LogP contribution >= 0.6 is 0 Å². The first-order valence-corrected chi connectivity index (χ1v) is 8.33. The summed E-state index contributed by atoms with van der Waals surface area (Å²) in [5.41, 5.74) is 1.33. The second-order valence-electron chi connectivity index (χ2n) is 5.79. The number of rotatable bonds is 9. The maximum atomic E-state index is 12.0. The zero-order chi connectivity index (χ0) is 20.8. The molecule has 8 heteroatoms. The van der Waals surface area contributed by atoms with Crippen molar-refractivity contribution < 1.29 is 38.7 Å². The summed E-state index contributed by atoms with van der Waals surface area (Å²) < 4.78 is 21.3. The molecule has 0 aliphatic rings. The molecule has 0 bridgehead atoms. The number of methoxy groups -OCH3 is 4. The van der Waals surface area contributed by atoms with Gasteiger partial charge in [-0.3, -0.25) is 4.79 Å². The van der Waals surface area contributed by atoms with Crippen molar-refractivity contribution in [3.05, 3.63) is 35.4 Å². The standard InChI is InChI=1S/C20H22O8/c1-25-12-6-7-13(11(9-12)5-8-16(21)22)17-14(20(23)24)10-15(26-2)18(27-3)19(17)28-4/h6-7,9-10H,5,8H2,1-4H3,(H,21,22)(H,23,24). The van der Waals surface area contributed by atoms with E-state index in [1.807, 2.05) is 0 Å². The highest BCUT2D eigenvalue weighted by molar-refractivity contribution is 6.00. The average molecular weight is 390 g/mol. The van der Waals surface area contributed by atoms with E-state index in [1.165, 1.54) is 34.5 Å². The molecule has 0 aliphatic carbocycles. The van der Waals surface area contributed by atoms with Gasteiger partial charge in [-0.2, -0.15) is 0 Å². The summed E-state index contributed by atoms with van der Waals surface area (Å²) in [6.45, 7) is 0. The van der Waals surface area contributed by atoms with Gasteiger partial charge in [0.25, 0.3) is 0 Å². The lowest BCUT2D eigenvalue weighted by atomic mass is 9.91. The van der Waals surface area contributed by atoms with Crippen LogP contribution in [0.3, 0.4) is 0 Å². The van der Waals surface area contributed by atoms with Crippen LogP contribution in [0, 0.1) is 0 Å². The van der Waals surface area contributed by atoms with Gasteiger partial charge in [-0.15, -0.1) is 0 Å². The maximum Gasteiger partial charge on any atom is 0.336 e. The molecule has 2 N–H and O–H groups in total. The van der Waals surface area contributed by atoms with Gasteiger partial charge in [0.15, 0.2) is 11.5 Å². The Balaban J connectivity index is 2.85. The fourth-order valence-electron chi connectivity index (χ4n) is 2.98. The molecule has 2 rings (SSSR count). The van der Waals surface area contributed by atoms with Gasteiger partial charge in [-0.05, 0) is 35.7 Å². The molecule has 8 nitrogen and oxygen atoms in total. The Morgan fingerprint density at radius 1 is 0.893 bits per heavy atom. The summed E-state index contributed by atoms with van der Waals surface area (Å²) in [7, 11) is 5.71. The molecular weight excluding hydrogens is 368 g/mol. The highest BCUT2D eigenvalue weighted by atomic mass is 16.5. The van der Waals surface area contributed by atoms with E-state index >= 15 is 0 Å². The van der Waals surface area contributed by atoms with Crippen molar-refractivity contribution in [3.8, 4) is 34.1 Å². The van der Waals surface area contributed by atoms with Gasteiger partial charge in [-0.1, -0.05) is 6.07 Å². The van der Waals surface area contributed by atoms with Crippen molar-refractivity contribution >= 4 is 11.9 Å². The van der Waals surface area contributed by atoms with E-state index in [0.29, 0.717) is 16.9 Å². The Kier molecular flexibility index (Phi) is 6.70. The second kappa shape index (κ2) is 8.98. The topological polar surface area (TPSA) is 112 Å². The number of ether oxygens (including phenoxy) is 4. The summed E-state index contributed by atoms with van der Waals surface area (Å²) >= 11 is 0. The first-order valence-electron chi connectivity index (χ1n) is 8.33. The number of aryl methyl sites for hydroxylation is 1. The smallest absolute Gasteiger partial charge is 0.336 e. The van der Waals surface area contributed by atoms with Crippen molar-refractivity contribution in [2.24, 2.45) is 0 Å². The highest BCUT2D eigenvalue weighted by Gasteiger charge is 2.26. The predicted molar refractivity (Wildman–Crippen MR) is 101 cm³/mol. The van der Waals surface area contributed by atoms with Crippen molar-refractivity contribution in [2.75, 3.05) is 28.4 Å². The lowest BCUT2D eigenvalue weighted by Crippen LogP contribution is -2.07. The quantitative estimate of drug-likeness (QED) is 0.672. The van der Waals surface area contributed by atoms with E-state index in [4.69, 9.17) is 24.1 Å². The molecule has 0 saturated heterocycles. The van der Waals surface area contributed by atoms with Crippen LogP contribution < -0.4 is 18.9 Å². The molecule has 2 aromatic carbocycles. The summed E-state index contributed by atoms with van der Waals surface area (Å²) in [6, 6.07) is 6.37. The molecule has 0 atom stereocenters. The SMILES string of the molecule is COc1ccc(-c2c(C(=O)O)cc(OC)c(OC)c2OC)c(CCC(=O)O)c1. The van der Waals surface area contributed by atoms with Crippen LogP contribution in [0.2, 0.25) is 0 Å². The summed E-state index contributed by atoms with van der Waals surface area (Å²) in [5, 5.41) is 18.8. The third kappa shape index (κ3) is 4.11. The van der Waals surface area contributed by atoms with Crippen molar-refractivity contribution in [1.82, 2.24) is 0 Å². The number of aromatic carboxylic acids is 1. The van der Waals surface area contributed by atoms with Gasteiger partial charge in [-0.25, -0.2) is 4.79 Å². The zero-order valence-electron chi connectivity index (χ0n) is 16.1. The normalized spacial score (nSPS) is 10.3. The van der Waals surface area contributed by atoms with Crippen LogP contribution in [0.4, 0.5) is 0 Å². The van der Waals surface area contributed by atoms with Crippen LogP contribution in [0.5, 0.6) is 23.0 Å². The minimum Gasteiger partial charge on any atom is -0.497 e. The Hall–Kier alpha value is -3.42. The molecular formula is C20H22O8. The van der Waals surface area contributed by atoms with Crippen LogP contribution in [-0.4, -0.2) is 50.6 Å². The molecule has 0 heterocycles. The number of carboxylic acid groups (broad SMARTS) is 2. The molecule has 28 heavy (non-hydrogen) atoms.